The number of rotatable bonds is 51. The normalized spacial score (nSPS) is 14.0. The van der Waals surface area contributed by atoms with Crippen LogP contribution < -0.4 is 0 Å². The molecular weight excluding hydrogens is 904 g/mol. The van der Waals surface area contributed by atoms with Crippen LogP contribution in [0, 0.1) is 0 Å². The summed E-state index contributed by atoms with van der Waals surface area (Å²) in [6.45, 7) is 4.41. The maximum Gasteiger partial charge on any atom is 0.472 e. The van der Waals surface area contributed by atoms with E-state index in [2.05, 4.69) is 81.5 Å². The van der Waals surface area contributed by atoms with E-state index in [4.69, 9.17) is 23.3 Å². The van der Waals surface area contributed by atoms with Gasteiger partial charge in [0.1, 0.15) is 12.7 Å². The summed E-state index contributed by atoms with van der Waals surface area (Å²) in [4.78, 5) is 48.4. The molecule has 0 aliphatic carbocycles. The number of aliphatic hydroxyl groups is 1. The molecule has 0 rings (SSSR count). The first-order chi connectivity index (χ1) is 34.2. The predicted molar refractivity (Wildman–Crippen MR) is 288 cm³/mol. The highest BCUT2D eigenvalue weighted by Crippen LogP contribution is 2.43. The second-order valence-corrected chi connectivity index (χ2v) is 19.8. The van der Waals surface area contributed by atoms with Crippen LogP contribution in [-0.4, -0.2) is 66.5 Å². The van der Waals surface area contributed by atoms with Crippen molar-refractivity contribution in [3.63, 3.8) is 0 Å². The third kappa shape index (κ3) is 49.9. The number of carbonyl (C=O) groups excluding carboxylic acids is 3. The number of phosphoric ester groups is 1. The lowest BCUT2D eigenvalue weighted by atomic mass is 10.1. The predicted octanol–water partition coefficient (Wildman–Crippen LogP) is 16.1. The van der Waals surface area contributed by atoms with Crippen molar-refractivity contribution in [3.8, 4) is 0 Å². The van der Waals surface area contributed by atoms with Crippen LogP contribution in [0.15, 0.2) is 72.9 Å². The summed E-state index contributed by atoms with van der Waals surface area (Å²) >= 11 is 0. The van der Waals surface area contributed by atoms with Crippen LogP contribution in [0.1, 0.15) is 239 Å². The Hall–Kier alpha value is -3.08. The van der Waals surface area contributed by atoms with Crippen LogP contribution in [0.3, 0.4) is 0 Å². The van der Waals surface area contributed by atoms with E-state index in [1.807, 2.05) is 12.2 Å². The van der Waals surface area contributed by atoms with Gasteiger partial charge in [0, 0.05) is 19.3 Å². The van der Waals surface area contributed by atoms with Gasteiger partial charge >= 0.3 is 25.7 Å². The molecule has 12 heteroatoms. The van der Waals surface area contributed by atoms with E-state index in [-0.39, 0.29) is 25.9 Å². The van der Waals surface area contributed by atoms with Gasteiger partial charge in [0.25, 0.3) is 0 Å². The molecule has 0 saturated heterocycles. The van der Waals surface area contributed by atoms with E-state index in [1.54, 1.807) is 0 Å². The van der Waals surface area contributed by atoms with Crippen LogP contribution in [0.4, 0.5) is 0 Å². The van der Waals surface area contributed by atoms with Crippen molar-refractivity contribution in [3.05, 3.63) is 72.9 Å². The lowest BCUT2D eigenvalue weighted by molar-refractivity contribution is -0.161. The van der Waals surface area contributed by atoms with E-state index in [1.165, 1.54) is 89.9 Å². The lowest BCUT2D eigenvalue weighted by Gasteiger charge is -2.21. The Morgan fingerprint density at radius 1 is 0.414 bits per heavy atom. The molecule has 70 heavy (non-hydrogen) atoms. The molecule has 2 N–H and O–H groups in total. The Bertz CT molecular complexity index is 1450. The largest absolute Gasteiger partial charge is 0.472 e. The maximum atomic E-state index is 12.9. The monoisotopic (exact) mass is 1000 g/mol. The molecule has 0 radical (unpaired) electrons. The Labute approximate surface area is 427 Å². The van der Waals surface area contributed by atoms with Crippen molar-refractivity contribution in [2.45, 2.75) is 251 Å². The number of phosphoric acid groups is 1. The number of allylic oxidation sites excluding steroid dienone is 12. The van der Waals surface area contributed by atoms with Gasteiger partial charge in [-0.3, -0.25) is 23.4 Å². The first-order valence-electron chi connectivity index (χ1n) is 27.8. The van der Waals surface area contributed by atoms with Crippen molar-refractivity contribution in [2.75, 3.05) is 26.4 Å². The van der Waals surface area contributed by atoms with E-state index >= 15 is 0 Å². The molecule has 3 atom stereocenters. The highest BCUT2D eigenvalue weighted by Gasteiger charge is 2.28. The molecule has 0 aromatic heterocycles. The third-order valence-corrected chi connectivity index (χ3v) is 12.5. The number of carbonyl (C=O) groups is 3. The molecule has 0 saturated carbocycles. The van der Waals surface area contributed by atoms with Crippen molar-refractivity contribution < 1.29 is 52.2 Å². The molecule has 0 aliphatic heterocycles. The average Bonchev–Trinajstić information content (AvgIpc) is 3.35. The first-order valence-corrected chi connectivity index (χ1v) is 29.3. The zero-order chi connectivity index (χ0) is 51.3. The SMILES string of the molecule is CC/C=C\C/C=C\C/C=C\C/C=C\CCC(=O)OC(COC(=O)CCCCCCCCC/C=C\CCCCCCCC)COP(=O)(O)OCC(CO)OC(=O)CCCCCCC/C=C\CCCCCC. The van der Waals surface area contributed by atoms with Gasteiger partial charge in [-0.15, -0.1) is 0 Å². The quantitative estimate of drug-likeness (QED) is 0.0197. The summed E-state index contributed by atoms with van der Waals surface area (Å²) in [6.07, 6.45) is 57.4. The van der Waals surface area contributed by atoms with Crippen LogP contribution in [0.25, 0.3) is 0 Å². The molecule has 0 fully saturated rings. The molecule has 11 nitrogen and oxygen atoms in total. The summed E-state index contributed by atoms with van der Waals surface area (Å²) < 4.78 is 39.3. The average molecular weight is 1010 g/mol. The highest BCUT2D eigenvalue weighted by atomic mass is 31.2. The minimum atomic E-state index is -4.77. The Kier molecular flexibility index (Phi) is 50.0. The zero-order valence-corrected chi connectivity index (χ0v) is 45.4. The van der Waals surface area contributed by atoms with Gasteiger partial charge < -0.3 is 24.2 Å². The van der Waals surface area contributed by atoms with Crippen molar-refractivity contribution in [2.24, 2.45) is 0 Å². The molecule has 0 aliphatic rings. The summed E-state index contributed by atoms with van der Waals surface area (Å²) in [7, 11) is -4.77. The maximum absolute atomic E-state index is 12.9. The van der Waals surface area contributed by atoms with Gasteiger partial charge in [0.2, 0.25) is 0 Å². The van der Waals surface area contributed by atoms with Gasteiger partial charge in [0.05, 0.1) is 19.8 Å². The zero-order valence-electron chi connectivity index (χ0n) is 44.5. The number of hydrogen-bond donors (Lipinski definition) is 2. The summed E-state index contributed by atoms with van der Waals surface area (Å²) in [5.41, 5.74) is 0. The first kappa shape index (κ1) is 66.9. The number of esters is 3. The summed E-state index contributed by atoms with van der Waals surface area (Å²) in [6, 6.07) is 0. The minimum Gasteiger partial charge on any atom is -0.462 e. The number of hydrogen-bond acceptors (Lipinski definition) is 10. The Balaban J connectivity index is 4.79. The second-order valence-electron chi connectivity index (χ2n) is 18.4. The van der Waals surface area contributed by atoms with Crippen molar-refractivity contribution >= 4 is 25.7 Å². The fourth-order valence-corrected chi connectivity index (χ4v) is 8.14. The van der Waals surface area contributed by atoms with E-state index in [0.29, 0.717) is 19.3 Å². The molecule has 0 aromatic carbocycles. The molecule has 0 spiro atoms. The minimum absolute atomic E-state index is 0.0440. The van der Waals surface area contributed by atoms with Crippen LogP contribution in [0.2, 0.25) is 0 Å². The van der Waals surface area contributed by atoms with Crippen molar-refractivity contribution in [1.29, 1.82) is 0 Å². The fourth-order valence-electron chi connectivity index (χ4n) is 7.36. The standard InChI is InChI=1S/C58H101O11P/c1-4-7-10-13-16-19-22-25-26-27-28-31-32-35-38-41-44-47-56(60)65-51-55(69-58(62)49-46-43-40-37-34-30-24-21-18-15-12-9-6-3)53-67-70(63,64)66-52-54(50-59)68-57(61)48-45-42-39-36-33-29-23-20-17-14-11-8-5-2/h9,12,18,20-21,23,25-26,30,34,40,43,54-55,59H,4-8,10-11,13-17,19,22,24,27-29,31-33,35-39,41-42,44-53H2,1-3H3,(H,63,64)/b12-9-,21-18-,23-20-,26-25-,34-30-,43-40-. The molecular formula is C58H101O11P. The van der Waals surface area contributed by atoms with Gasteiger partial charge in [-0.25, -0.2) is 4.57 Å². The van der Waals surface area contributed by atoms with Gasteiger partial charge in [-0.2, -0.15) is 0 Å². The van der Waals surface area contributed by atoms with Gasteiger partial charge in [-0.05, 0) is 96.3 Å². The number of aliphatic hydroxyl groups excluding tert-OH is 1. The molecule has 0 heterocycles. The van der Waals surface area contributed by atoms with E-state index < -0.39 is 57.8 Å². The summed E-state index contributed by atoms with van der Waals surface area (Å²) in [5.74, 6) is -1.58. The molecule has 0 bridgehead atoms. The van der Waals surface area contributed by atoms with Crippen molar-refractivity contribution in [1.82, 2.24) is 0 Å². The fraction of sp³-hybridized carbons (Fsp3) is 0.741. The van der Waals surface area contributed by atoms with E-state index in [9.17, 15) is 28.9 Å². The smallest absolute Gasteiger partial charge is 0.462 e. The van der Waals surface area contributed by atoms with Crippen LogP contribution in [0.5, 0.6) is 0 Å². The second kappa shape index (κ2) is 52.2. The molecule has 404 valence electrons. The van der Waals surface area contributed by atoms with E-state index in [0.717, 1.165) is 89.9 Å². The topological polar surface area (TPSA) is 155 Å². The number of unbranched alkanes of at least 4 members (excludes halogenated alkanes) is 22. The molecule has 3 unspecified atom stereocenters. The van der Waals surface area contributed by atoms with Crippen LogP contribution in [-0.2, 0) is 42.2 Å². The Morgan fingerprint density at radius 3 is 1.24 bits per heavy atom. The Morgan fingerprint density at radius 2 is 0.771 bits per heavy atom. The van der Waals surface area contributed by atoms with Crippen LogP contribution >= 0.6 is 7.82 Å². The summed E-state index contributed by atoms with van der Waals surface area (Å²) in [5, 5.41) is 9.79. The number of ether oxygens (including phenoxy) is 3. The molecule has 0 amide bonds. The van der Waals surface area contributed by atoms with Gasteiger partial charge in [-0.1, -0.05) is 196 Å². The molecule has 0 aromatic rings. The third-order valence-electron chi connectivity index (χ3n) is 11.6. The van der Waals surface area contributed by atoms with Gasteiger partial charge in [0.15, 0.2) is 6.10 Å². The lowest BCUT2D eigenvalue weighted by Crippen LogP contribution is -2.30. The highest BCUT2D eigenvalue weighted by molar-refractivity contribution is 7.47.